The van der Waals surface area contributed by atoms with Crippen LogP contribution in [0.5, 0.6) is 0 Å². The van der Waals surface area contributed by atoms with E-state index in [9.17, 15) is 19.8 Å². The molecular weight excluding hydrogens is 416 g/mol. The van der Waals surface area contributed by atoms with Crippen LogP contribution in [0.2, 0.25) is 0 Å². The third-order valence-electron chi connectivity index (χ3n) is 6.26. The lowest BCUT2D eigenvalue weighted by atomic mass is 9.87. The van der Waals surface area contributed by atoms with Crippen molar-refractivity contribution in [3.63, 3.8) is 0 Å². The molecule has 0 bridgehead atoms. The van der Waals surface area contributed by atoms with Crippen LogP contribution in [0.3, 0.4) is 0 Å². The molecule has 0 rings (SSSR count). The molecule has 196 valence electrons. The standard InChI is InChI=1S/C27H54N2O4/c1-19(2)13-28(14-20(3)4,15-21(5)6)27(25(30)31,26(32)33)29(16-22(7)8,17-23(9)10)18-24(11)12/h19-24H,13-18H2,1-12H3/p+2. The van der Waals surface area contributed by atoms with Gasteiger partial charge in [-0.2, -0.15) is 0 Å². The lowest BCUT2D eigenvalue weighted by Crippen LogP contribution is -2.87. The van der Waals surface area contributed by atoms with Gasteiger partial charge in [0.15, 0.2) is 0 Å². The van der Waals surface area contributed by atoms with Crippen molar-refractivity contribution in [3.05, 3.63) is 0 Å². The molecule has 0 heterocycles. The summed E-state index contributed by atoms with van der Waals surface area (Å²) in [6.07, 6.45) is 0. The minimum atomic E-state index is -1.97. The van der Waals surface area contributed by atoms with Crippen molar-refractivity contribution in [3.8, 4) is 0 Å². The molecule has 6 heteroatoms. The molecule has 0 aromatic rings. The second-order valence-corrected chi connectivity index (χ2v) is 13.0. The lowest BCUT2D eigenvalue weighted by Gasteiger charge is -2.59. The molecule has 0 aliphatic rings. The second-order valence-electron chi connectivity index (χ2n) is 13.0. The summed E-state index contributed by atoms with van der Waals surface area (Å²) in [5.74, 6) is -1.37. The van der Waals surface area contributed by atoms with Crippen molar-refractivity contribution in [1.29, 1.82) is 0 Å². The van der Waals surface area contributed by atoms with Gasteiger partial charge >= 0.3 is 17.6 Å². The highest BCUT2D eigenvalue weighted by molar-refractivity contribution is 5.99. The van der Waals surface area contributed by atoms with Crippen LogP contribution >= 0.6 is 0 Å². The molecule has 0 radical (unpaired) electrons. The summed E-state index contributed by atoms with van der Waals surface area (Å²) in [5, 5.41) is 22.3. The second kappa shape index (κ2) is 12.5. The van der Waals surface area contributed by atoms with Crippen molar-refractivity contribution < 1.29 is 28.8 Å². The molecule has 0 atom stereocenters. The summed E-state index contributed by atoms with van der Waals surface area (Å²) in [5.41, 5.74) is -1.97. The van der Waals surface area contributed by atoms with Gasteiger partial charge in [0.25, 0.3) is 0 Å². The van der Waals surface area contributed by atoms with E-state index in [0.717, 1.165) is 0 Å². The number of nitrogens with zero attached hydrogens (tertiary/aromatic N) is 2. The van der Waals surface area contributed by atoms with E-state index < -0.39 is 17.6 Å². The monoisotopic (exact) mass is 472 g/mol. The molecule has 33 heavy (non-hydrogen) atoms. The molecular formula is C27H56N2O4+2. The molecule has 0 aromatic carbocycles. The fourth-order valence-corrected chi connectivity index (χ4v) is 6.79. The van der Waals surface area contributed by atoms with Gasteiger partial charge in [-0.1, -0.05) is 83.1 Å². The number of rotatable bonds is 16. The van der Waals surface area contributed by atoms with E-state index in [1.807, 2.05) is 0 Å². The molecule has 2 N–H and O–H groups in total. The number of carbonyl (C=O) groups is 2. The van der Waals surface area contributed by atoms with Gasteiger partial charge in [0.05, 0.1) is 39.3 Å². The van der Waals surface area contributed by atoms with Crippen LogP contribution in [-0.2, 0) is 9.59 Å². The van der Waals surface area contributed by atoms with Gasteiger partial charge in [-0.05, 0) is 0 Å². The maximum absolute atomic E-state index is 13.6. The fourth-order valence-electron chi connectivity index (χ4n) is 6.79. The third-order valence-corrected chi connectivity index (χ3v) is 6.26. The normalized spacial score (nSPS) is 13.9. The average molecular weight is 473 g/mol. The predicted octanol–water partition coefficient (Wildman–Crippen LogP) is 5.42. The molecule has 0 fully saturated rings. The number of carboxylic acid groups (broad SMARTS) is 2. The van der Waals surface area contributed by atoms with Crippen LogP contribution in [0.15, 0.2) is 0 Å². The first kappa shape index (κ1) is 31.9. The van der Waals surface area contributed by atoms with Crippen molar-refractivity contribution in [1.82, 2.24) is 0 Å². The Bertz CT molecular complexity index is 517. The van der Waals surface area contributed by atoms with Crippen LogP contribution in [0.1, 0.15) is 83.1 Å². The Hall–Kier alpha value is -1.14. The van der Waals surface area contributed by atoms with E-state index in [4.69, 9.17) is 0 Å². The highest BCUT2D eigenvalue weighted by Gasteiger charge is 2.76. The third kappa shape index (κ3) is 7.42. The Balaban J connectivity index is 7.91. The van der Waals surface area contributed by atoms with E-state index >= 15 is 0 Å². The minimum absolute atomic E-state index is 0.0802. The summed E-state index contributed by atoms with van der Waals surface area (Å²) in [6, 6.07) is 0. The van der Waals surface area contributed by atoms with Gasteiger partial charge < -0.3 is 10.2 Å². The topological polar surface area (TPSA) is 74.6 Å². The van der Waals surface area contributed by atoms with E-state index in [-0.39, 0.29) is 44.5 Å². The molecule has 0 amide bonds. The molecule has 0 saturated heterocycles. The largest absolute Gasteiger partial charge is 0.471 e. The van der Waals surface area contributed by atoms with Crippen molar-refractivity contribution >= 4 is 11.9 Å². The van der Waals surface area contributed by atoms with Crippen molar-refractivity contribution in [2.45, 2.75) is 88.7 Å². The van der Waals surface area contributed by atoms with Gasteiger partial charge in [-0.15, -0.1) is 0 Å². The summed E-state index contributed by atoms with van der Waals surface area (Å²) < 4.78 is 0.160. The molecule has 0 saturated carbocycles. The maximum atomic E-state index is 13.6. The van der Waals surface area contributed by atoms with Crippen LogP contribution in [0.25, 0.3) is 0 Å². The minimum Gasteiger partial charge on any atom is -0.471 e. The molecule has 0 aromatic heterocycles. The van der Waals surface area contributed by atoms with E-state index in [2.05, 4.69) is 83.1 Å². The molecule has 6 nitrogen and oxygen atoms in total. The Labute approximate surface area is 204 Å². The summed E-state index contributed by atoms with van der Waals surface area (Å²) in [4.78, 5) is 27.3. The Kier molecular flexibility index (Phi) is 12.1. The predicted molar refractivity (Wildman–Crippen MR) is 137 cm³/mol. The molecule has 0 aliphatic carbocycles. The van der Waals surface area contributed by atoms with Gasteiger partial charge in [-0.3, -0.25) is 8.97 Å². The highest BCUT2D eigenvalue weighted by Crippen LogP contribution is 2.42. The van der Waals surface area contributed by atoms with Gasteiger partial charge in [0.2, 0.25) is 0 Å². The summed E-state index contributed by atoms with van der Waals surface area (Å²) >= 11 is 0. The lowest BCUT2D eigenvalue weighted by molar-refractivity contribution is -1.15. The summed E-state index contributed by atoms with van der Waals surface area (Å²) in [7, 11) is 0. The first-order chi connectivity index (χ1) is 14.9. The zero-order chi connectivity index (χ0) is 26.4. The van der Waals surface area contributed by atoms with Crippen LogP contribution in [0.4, 0.5) is 0 Å². The Morgan fingerprint density at radius 3 is 0.727 bits per heavy atom. The number of carboxylic acids is 2. The highest BCUT2D eigenvalue weighted by atomic mass is 16.4. The van der Waals surface area contributed by atoms with E-state index in [0.29, 0.717) is 39.3 Å². The van der Waals surface area contributed by atoms with Crippen molar-refractivity contribution in [2.75, 3.05) is 39.3 Å². The quantitative estimate of drug-likeness (QED) is 0.179. The molecule has 0 unspecified atom stereocenters. The average Bonchev–Trinajstić information content (AvgIpc) is 2.49. The summed E-state index contributed by atoms with van der Waals surface area (Å²) in [6.45, 7) is 28.2. The van der Waals surface area contributed by atoms with Crippen LogP contribution in [0, 0.1) is 35.5 Å². The fraction of sp³-hybridized carbons (Fsp3) is 0.926. The maximum Gasteiger partial charge on any atom is 0.439 e. The zero-order valence-electron chi connectivity index (χ0n) is 23.8. The van der Waals surface area contributed by atoms with Gasteiger partial charge in [-0.25, -0.2) is 9.59 Å². The van der Waals surface area contributed by atoms with Crippen LogP contribution in [-0.4, -0.2) is 76.0 Å². The van der Waals surface area contributed by atoms with Gasteiger partial charge in [0.1, 0.15) is 0 Å². The number of hydrogen-bond donors (Lipinski definition) is 2. The first-order valence-corrected chi connectivity index (χ1v) is 13.1. The number of hydrogen-bond acceptors (Lipinski definition) is 2. The van der Waals surface area contributed by atoms with Crippen LogP contribution < -0.4 is 0 Å². The van der Waals surface area contributed by atoms with Crippen molar-refractivity contribution in [2.24, 2.45) is 35.5 Å². The van der Waals surface area contributed by atoms with E-state index in [1.54, 1.807) is 0 Å². The smallest absolute Gasteiger partial charge is 0.439 e. The van der Waals surface area contributed by atoms with Gasteiger partial charge in [0, 0.05) is 35.5 Å². The first-order valence-electron chi connectivity index (χ1n) is 13.1. The zero-order valence-corrected chi connectivity index (χ0v) is 23.8. The number of aliphatic carboxylic acids is 2. The number of quaternary nitrogens is 2. The Morgan fingerprint density at radius 1 is 0.485 bits per heavy atom. The Morgan fingerprint density at radius 2 is 0.636 bits per heavy atom. The SMILES string of the molecule is CC(C)C[N+](CC(C)C)(CC(C)C)C(C(=O)O)(C(=O)O)[N+](CC(C)C)(CC(C)C)CC(C)C. The molecule has 0 spiro atoms. The molecule has 0 aliphatic heterocycles. The van der Waals surface area contributed by atoms with E-state index in [1.165, 1.54) is 0 Å².